The Bertz CT molecular complexity index is 554. The van der Waals surface area contributed by atoms with E-state index in [-0.39, 0.29) is 25.2 Å². The fourth-order valence-electron chi connectivity index (χ4n) is 2.44. The maximum absolute atomic E-state index is 11.8. The van der Waals surface area contributed by atoms with Crippen molar-refractivity contribution in [1.29, 1.82) is 0 Å². The average molecular weight is 463 g/mol. The van der Waals surface area contributed by atoms with E-state index in [9.17, 15) is 19.0 Å². The summed E-state index contributed by atoms with van der Waals surface area (Å²) in [5, 5.41) is 0. The lowest BCUT2D eigenvalue weighted by Crippen LogP contribution is -2.06. The summed E-state index contributed by atoms with van der Waals surface area (Å²) in [5.74, 6) is -0.734. The predicted molar refractivity (Wildman–Crippen MR) is 119 cm³/mol. The molecule has 0 rings (SSSR count). The van der Waals surface area contributed by atoms with Crippen molar-refractivity contribution in [2.45, 2.75) is 78.1 Å². The van der Waals surface area contributed by atoms with Gasteiger partial charge in [0.05, 0.1) is 26.4 Å². The summed E-state index contributed by atoms with van der Waals surface area (Å²) in [5.41, 5.74) is 0.790. The molecule has 0 saturated carbocycles. The lowest BCUT2D eigenvalue weighted by molar-refractivity contribution is -0.139. The van der Waals surface area contributed by atoms with Gasteiger partial charge in [0.15, 0.2) is 0 Å². The van der Waals surface area contributed by atoms with Gasteiger partial charge < -0.3 is 14.4 Å². The molecule has 31 heavy (non-hydrogen) atoms. The van der Waals surface area contributed by atoms with Crippen LogP contribution in [0.25, 0.3) is 0 Å². The van der Waals surface area contributed by atoms with Gasteiger partial charge in [-0.2, -0.15) is 0 Å². The van der Waals surface area contributed by atoms with Crippen molar-refractivity contribution >= 4 is 19.8 Å². The molecule has 0 radical (unpaired) electrons. The Balaban J connectivity index is 3.48. The number of phosphoric acid groups is 1. The number of phosphoric ester groups is 1. The summed E-state index contributed by atoms with van der Waals surface area (Å²) in [4.78, 5) is 32.0. The molecule has 0 aliphatic rings. The van der Waals surface area contributed by atoms with Crippen molar-refractivity contribution in [3.05, 3.63) is 24.3 Å². The molecule has 0 aromatic carbocycles. The van der Waals surface area contributed by atoms with Crippen LogP contribution in [0.1, 0.15) is 78.1 Å². The first-order valence-corrected chi connectivity index (χ1v) is 12.4. The molecular weight excluding hydrogens is 423 g/mol. The van der Waals surface area contributed by atoms with Gasteiger partial charge in [-0.1, -0.05) is 51.7 Å². The Hall–Kier alpha value is -1.47. The van der Waals surface area contributed by atoms with E-state index >= 15 is 0 Å². The highest BCUT2D eigenvalue weighted by Gasteiger charge is 2.19. The molecule has 0 unspecified atom stereocenters. The van der Waals surface area contributed by atoms with Crippen molar-refractivity contribution in [3.63, 3.8) is 0 Å². The van der Waals surface area contributed by atoms with Gasteiger partial charge in [0.1, 0.15) is 0 Å². The predicted octanol–water partition coefficient (Wildman–Crippen LogP) is 5.26. The molecule has 0 fully saturated rings. The fourth-order valence-corrected chi connectivity index (χ4v) is 3.24. The van der Waals surface area contributed by atoms with Gasteiger partial charge in [-0.15, -0.1) is 0 Å². The van der Waals surface area contributed by atoms with Crippen LogP contribution in [0.15, 0.2) is 24.3 Å². The second-order valence-electron chi connectivity index (χ2n) is 7.50. The summed E-state index contributed by atoms with van der Waals surface area (Å²) >= 11 is 0. The van der Waals surface area contributed by atoms with Crippen molar-refractivity contribution in [3.8, 4) is 0 Å². The lowest BCUT2D eigenvalue weighted by Gasteiger charge is -2.12. The minimum atomic E-state index is -4.00. The molecule has 0 spiro atoms. The second kappa shape index (κ2) is 18.1. The van der Waals surface area contributed by atoms with Crippen LogP contribution >= 0.6 is 7.82 Å². The zero-order valence-corrected chi connectivity index (χ0v) is 20.0. The largest absolute Gasteiger partial charge is 0.472 e. The minimum absolute atomic E-state index is 0.168. The van der Waals surface area contributed by atoms with Crippen LogP contribution in [-0.4, -0.2) is 43.3 Å². The number of hydrogen-bond acceptors (Lipinski definition) is 7. The third-order valence-corrected chi connectivity index (χ3v) is 5.27. The molecule has 0 bridgehead atoms. The molecule has 0 aliphatic carbocycles. The highest BCUT2D eigenvalue weighted by Crippen LogP contribution is 2.43. The summed E-state index contributed by atoms with van der Waals surface area (Å²) in [6, 6.07) is 0. The lowest BCUT2D eigenvalue weighted by atomic mass is 10.1. The standard InChI is InChI=1S/C22H39O8P/c1-19(2)21(23)27-15-11-7-5-9-13-17-29-31(25,26)30-18-14-10-6-8-12-16-28-22(24)20(3)4/h1,3,5-18H2,2,4H3,(H,25,26). The van der Waals surface area contributed by atoms with Crippen LogP contribution in [0.5, 0.6) is 0 Å². The van der Waals surface area contributed by atoms with Gasteiger partial charge >= 0.3 is 19.8 Å². The fraction of sp³-hybridized carbons (Fsp3) is 0.727. The molecule has 0 heterocycles. The number of carbonyl (C=O) groups excluding carboxylic acids is 2. The van der Waals surface area contributed by atoms with E-state index in [1.165, 1.54) is 0 Å². The molecular formula is C22H39O8P. The second-order valence-corrected chi connectivity index (χ2v) is 8.96. The summed E-state index contributed by atoms with van der Waals surface area (Å²) in [6.45, 7) is 11.4. The SMILES string of the molecule is C=C(C)C(=O)OCCCCCCCOP(=O)(O)OCCCCCCCOC(=O)C(=C)C. The van der Waals surface area contributed by atoms with Gasteiger partial charge in [-0.05, 0) is 39.5 Å². The highest BCUT2D eigenvalue weighted by atomic mass is 31.2. The van der Waals surface area contributed by atoms with Gasteiger partial charge in [0, 0.05) is 11.1 Å². The van der Waals surface area contributed by atoms with Crippen molar-refractivity contribution in [2.24, 2.45) is 0 Å². The maximum Gasteiger partial charge on any atom is 0.472 e. The van der Waals surface area contributed by atoms with E-state index in [0.717, 1.165) is 51.4 Å². The monoisotopic (exact) mass is 462 g/mol. The molecule has 0 saturated heterocycles. The normalized spacial score (nSPS) is 11.2. The van der Waals surface area contributed by atoms with E-state index in [0.29, 0.717) is 37.2 Å². The van der Waals surface area contributed by atoms with Gasteiger partial charge in [-0.25, -0.2) is 14.2 Å². The quantitative estimate of drug-likeness (QED) is 0.113. The van der Waals surface area contributed by atoms with Crippen LogP contribution in [0.3, 0.4) is 0 Å². The molecule has 180 valence electrons. The summed E-state index contributed by atoms with van der Waals surface area (Å²) < 4.78 is 31.7. The molecule has 1 N–H and O–H groups in total. The van der Waals surface area contributed by atoms with Gasteiger partial charge in [0.25, 0.3) is 0 Å². The Morgan fingerprint density at radius 1 is 0.645 bits per heavy atom. The number of unbranched alkanes of at least 4 members (excludes halogenated alkanes) is 8. The van der Waals surface area contributed by atoms with E-state index in [2.05, 4.69) is 13.2 Å². The molecule has 9 heteroatoms. The third-order valence-electron chi connectivity index (χ3n) is 4.25. The Morgan fingerprint density at radius 3 is 1.26 bits per heavy atom. The zero-order valence-electron chi connectivity index (χ0n) is 19.1. The van der Waals surface area contributed by atoms with Crippen LogP contribution in [0.2, 0.25) is 0 Å². The highest BCUT2D eigenvalue weighted by molar-refractivity contribution is 7.47. The number of ether oxygens (including phenoxy) is 2. The first-order valence-electron chi connectivity index (χ1n) is 10.9. The van der Waals surface area contributed by atoms with Crippen LogP contribution < -0.4 is 0 Å². The number of hydrogen-bond donors (Lipinski definition) is 1. The van der Waals surface area contributed by atoms with Gasteiger partial charge in [-0.3, -0.25) is 9.05 Å². The van der Waals surface area contributed by atoms with E-state index in [1.54, 1.807) is 13.8 Å². The first-order chi connectivity index (χ1) is 14.7. The molecule has 0 aromatic heterocycles. The van der Waals surface area contributed by atoms with Crippen molar-refractivity contribution < 1.29 is 37.6 Å². The number of esters is 2. The summed E-state index contributed by atoms with van der Waals surface area (Å²) in [6.07, 6.45) is 8.27. The van der Waals surface area contributed by atoms with Crippen molar-refractivity contribution in [1.82, 2.24) is 0 Å². The third kappa shape index (κ3) is 19.0. The molecule has 0 aliphatic heterocycles. The van der Waals surface area contributed by atoms with E-state index < -0.39 is 7.82 Å². The Kier molecular flexibility index (Phi) is 17.3. The topological polar surface area (TPSA) is 108 Å². The molecule has 0 atom stereocenters. The Labute approximate surface area is 186 Å². The van der Waals surface area contributed by atoms with Crippen molar-refractivity contribution in [2.75, 3.05) is 26.4 Å². The van der Waals surface area contributed by atoms with E-state index in [1.807, 2.05) is 0 Å². The molecule has 0 amide bonds. The molecule has 8 nitrogen and oxygen atoms in total. The number of rotatable bonds is 20. The minimum Gasteiger partial charge on any atom is -0.462 e. The van der Waals surface area contributed by atoms with Crippen LogP contribution in [0, 0.1) is 0 Å². The smallest absolute Gasteiger partial charge is 0.462 e. The molecule has 0 aromatic rings. The Morgan fingerprint density at radius 2 is 0.935 bits per heavy atom. The first kappa shape index (κ1) is 29.5. The average Bonchev–Trinajstić information content (AvgIpc) is 2.70. The zero-order chi connectivity index (χ0) is 23.5. The van der Waals surface area contributed by atoms with Crippen LogP contribution in [0.4, 0.5) is 0 Å². The van der Waals surface area contributed by atoms with Gasteiger partial charge in [0.2, 0.25) is 0 Å². The maximum atomic E-state index is 11.8. The summed E-state index contributed by atoms with van der Waals surface area (Å²) in [7, 11) is -4.00. The van der Waals surface area contributed by atoms with E-state index in [4.69, 9.17) is 18.5 Å². The number of carbonyl (C=O) groups is 2. The van der Waals surface area contributed by atoms with Crippen LogP contribution in [-0.2, 0) is 32.7 Å².